The Kier molecular flexibility index (Phi) is 15.8. The zero-order valence-corrected chi connectivity index (χ0v) is 18.4. The number of rotatable bonds is 17. The molecule has 0 aromatic rings. The molecule has 0 aliphatic carbocycles. The summed E-state index contributed by atoms with van der Waals surface area (Å²) in [5, 5.41) is 10.3. The number of aliphatic hydroxyl groups excluding tert-OH is 1. The van der Waals surface area contributed by atoms with E-state index in [0.717, 1.165) is 25.8 Å². The van der Waals surface area contributed by atoms with Crippen LogP contribution < -0.4 is 0 Å². The minimum atomic E-state index is -0.134. The van der Waals surface area contributed by atoms with Gasteiger partial charge in [0.25, 0.3) is 0 Å². The summed E-state index contributed by atoms with van der Waals surface area (Å²) in [5.41, 5.74) is 0. The van der Waals surface area contributed by atoms with Crippen LogP contribution in [0.2, 0.25) is 0 Å². The van der Waals surface area contributed by atoms with Gasteiger partial charge in [-0.15, -0.1) is 0 Å². The van der Waals surface area contributed by atoms with Gasteiger partial charge in [0.2, 0.25) is 0 Å². The van der Waals surface area contributed by atoms with Gasteiger partial charge in [0.1, 0.15) is 0 Å². The standard InChI is InChI=1S/C25H47NO/c1-3-4-5-6-7-8-9-10-11-12-13-14-15-16-17-21-25(27)23-24-20-18-19-22-26(24)2/h10-11,18,20,24-25,27H,3-9,12-17,19,21-23H2,1-2H3/b11-10-/t24-,25-/m0/s1. The first-order chi connectivity index (χ1) is 13.2. The van der Waals surface area contributed by atoms with Crippen LogP contribution in [0.15, 0.2) is 24.3 Å². The SMILES string of the molecule is CCCCCCCC/C=C\CCCCCCC[C@H](O)C[C@@H]1C=CCCN1C. The van der Waals surface area contributed by atoms with Crippen molar-refractivity contribution in [2.75, 3.05) is 13.6 Å². The van der Waals surface area contributed by atoms with Crippen LogP contribution in [-0.4, -0.2) is 35.7 Å². The molecule has 158 valence electrons. The summed E-state index contributed by atoms with van der Waals surface area (Å²) in [4.78, 5) is 2.36. The molecule has 1 rings (SSSR count). The number of allylic oxidation sites excluding steroid dienone is 2. The molecule has 0 bridgehead atoms. The van der Waals surface area contributed by atoms with Crippen LogP contribution in [0, 0.1) is 0 Å². The molecule has 0 saturated carbocycles. The van der Waals surface area contributed by atoms with Gasteiger partial charge in [-0.2, -0.15) is 0 Å². The fraction of sp³-hybridized carbons (Fsp3) is 0.840. The first kappa shape index (κ1) is 24.4. The quantitative estimate of drug-likeness (QED) is 0.217. The summed E-state index contributed by atoms with van der Waals surface area (Å²) in [6.07, 6.45) is 29.5. The maximum Gasteiger partial charge on any atom is 0.0558 e. The number of nitrogens with zero attached hydrogens (tertiary/aromatic N) is 1. The third-order valence-electron chi connectivity index (χ3n) is 5.89. The average molecular weight is 378 g/mol. The highest BCUT2D eigenvalue weighted by atomic mass is 16.3. The van der Waals surface area contributed by atoms with Crippen LogP contribution in [0.25, 0.3) is 0 Å². The molecule has 1 heterocycles. The summed E-state index contributed by atoms with van der Waals surface area (Å²) in [6.45, 7) is 3.41. The van der Waals surface area contributed by atoms with Crippen LogP contribution in [0.5, 0.6) is 0 Å². The molecule has 2 atom stereocenters. The maximum atomic E-state index is 10.3. The fourth-order valence-corrected chi connectivity index (χ4v) is 3.95. The van der Waals surface area contributed by atoms with E-state index in [0.29, 0.717) is 6.04 Å². The molecule has 1 aliphatic heterocycles. The zero-order chi connectivity index (χ0) is 19.6. The van der Waals surface area contributed by atoms with Crippen molar-refractivity contribution in [2.24, 2.45) is 0 Å². The van der Waals surface area contributed by atoms with E-state index in [9.17, 15) is 5.11 Å². The van der Waals surface area contributed by atoms with Crippen molar-refractivity contribution < 1.29 is 5.11 Å². The predicted molar refractivity (Wildman–Crippen MR) is 120 cm³/mol. The first-order valence-corrected chi connectivity index (χ1v) is 11.9. The third-order valence-corrected chi connectivity index (χ3v) is 5.89. The van der Waals surface area contributed by atoms with Gasteiger partial charge in [-0.05, 0) is 52.0 Å². The molecule has 0 aromatic carbocycles. The number of hydrogen-bond donors (Lipinski definition) is 1. The minimum absolute atomic E-state index is 0.134. The summed E-state index contributed by atoms with van der Waals surface area (Å²) < 4.78 is 0. The molecule has 0 radical (unpaired) electrons. The fourth-order valence-electron chi connectivity index (χ4n) is 3.95. The highest BCUT2D eigenvalue weighted by Gasteiger charge is 2.17. The molecule has 0 unspecified atom stereocenters. The van der Waals surface area contributed by atoms with E-state index in [1.807, 2.05) is 0 Å². The third kappa shape index (κ3) is 14.1. The Bertz CT molecular complexity index is 377. The van der Waals surface area contributed by atoms with Crippen molar-refractivity contribution in [3.05, 3.63) is 24.3 Å². The molecule has 1 N–H and O–H groups in total. The highest BCUT2D eigenvalue weighted by molar-refractivity contribution is 4.99. The van der Waals surface area contributed by atoms with Crippen molar-refractivity contribution >= 4 is 0 Å². The van der Waals surface area contributed by atoms with Crippen LogP contribution in [0.1, 0.15) is 110 Å². The first-order valence-electron chi connectivity index (χ1n) is 11.9. The summed E-state index contributed by atoms with van der Waals surface area (Å²) in [5.74, 6) is 0. The molecule has 27 heavy (non-hydrogen) atoms. The number of unbranched alkanes of at least 4 members (excludes halogenated alkanes) is 11. The summed E-state index contributed by atoms with van der Waals surface area (Å²) >= 11 is 0. The van der Waals surface area contributed by atoms with Crippen LogP contribution in [0.3, 0.4) is 0 Å². The van der Waals surface area contributed by atoms with Crippen molar-refractivity contribution in [3.63, 3.8) is 0 Å². The number of hydrogen-bond acceptors (Lipinski definition) is 2. The normalized spacial score (nSPS) is 19.1. The highest BCUT2D eigenvalue weighted by Crippen LogP contribution is 2.17. The van der Waals surface area contributed by atoms with E-state index in [4.69, 9.17) is 0 Å². The monoisotopic (exact) mass is 377 g/mol. The Labute approximate surface area is 170 Å². The molecule has 2 nitrogen and oxygen atoms in total. The number of likely N-dealkylation sites (N-methyl/N-ethyl adjacent to an activating group) is 1. The Balaban J connectivity index is 1.84. The van der Waals surface area contributed by atoms with Gasteiger partial charge in [-0.25, -0.2) is 0 Å². The lowest BCUT2D eigenvalue weighted by Gasteiger charge is -2.30. The Hall–Kier alpha value is -0.600. The van der Waals surface area contributed by atoms with Crippen molar-refractivity contribution in [1.82, 2.24) is 4.90 Å². The van der Waals surface area contributed by atoms with Gasteiger partial charge in [-0.3, -0.25) is 4.90 Å². The van der Waals surface area contributed by atoms with Gasteiger partial charge in [-0.1, -0.05) is 89.0 Å². The van der Waals surface area contributed by atoms with E-state index >= 15 is 0 Å². The van der Waals surface area contributed by atoms with Crippen molar-refractivity contribution in [3.8, 4) is 0 Å². The molecule has 0 amide bonds. The molecule has 0 fully saturated rings. The van der Waals surface area contributed by atoms with Gasteiger partial charge in [0.05, 0.1) is 6.10 Å². The largest absolute Gasteiger partial charge is 0.393 e. The minimum Gasteiger partial charge on any atom is -0.393 e. The van der Waals surface area contributed by atoms with E-state index < -0.39 is 0 Å². The Morgan fingerprint density at radius 3 is 2.15 bits per heavy atom. The topological polar surface area (TPSA) is 23.5 Å². The van der Waals surface area contributed by atoms with Gasteiger partial charge in [0.15, 0.2) is 0 Å². The van der Waals surface area contributed by atoms with Gasteiger partial charge < -0.3 is 5.11 Å². The van der Waals surface area contributed by atoms with Crippen LogP contribution in [0.4, 0.5) is 0 Å². The van der Waals surface area contributed by atoms with Crippen LogP contribution in [-0.2, 0) is 0 Å². The lowest BCUT2D eigenvalue weighted by Crippen LogP contribution is -2.35. The number of aliphatic hydroxyl groups is 1. The summed E-state index contributed by atoms with van der Waals surface area (Å²) in [7, 11) is 2.17. The molecule has 2 heteroatoms. The molecule has 0 saturated heterocycles. The maximum absolute atomic E-state index is 10.3. The van der Waals surface area contributed by atoms with E-state index in [1.54, 1.807) is 0 Å². The molecular weight excluding hydrogens is 330 g/mol. The van der Waals surface area contributed by atoms with Crippen molar-refractivity contribution in [1.29, 1.82) is 0 Å². The van der Waals surface area contributed by atoms with Gasteiger partial charge >= 0.3 is 0 Å². The molecular formula is C25H47NO. The average Bonchev–Trinajstić information content (AvgIpc) is 2.66. The lowest BCUT2D eigenvalue weighted by atomic mass is 9.99. The van der Waals surface area contributed by atoms with Crippen LogP contribution >= 0.6 is 0 Å². The van der Waals surface area contributed by atoms with E-state index in [1.165, 1.54) is 83.5 Å². The smallest absolute Gasteiger partial charge is 0.0558 e. The molecule has 0 aromatic heterocycles. The zero-order valence-electron chi connectivity index (χ0n) is 18.4. The van der Waals surface area contributed by atoms with E-state index in [-0.39, 0.29) is 6.10 Å². The molecule has 0 spiro atoms. The van der Waals surface area contributed by atoms with Gasteiger partial charge in [0, 0.05) is 12.6 Å². The predicted octanol–water partition coefficient (Wildman–Crippen LogP) is 7.04. The van der Waals surface area contributed by atoms with Crippen molar-refractivity contribution in [2.45, 2.75) is 122 Å². The second-order valence-electron chi connectivity index (χ2n) is 8.53. The molecule has 1 aliphatic rings. The summed E-state index contributed by atoms with van der Waals surface area (Å²) in [6, 6.07) is 0.442. The Morgan fingerprint density at radius 1 is 0.926 bits per heavy atom. The lowest BCUT2D eigenvalue weighted by molar-refractivity contribution is 0.116. The second-order valence-corrected chi connectivity index (χ2v) is 8.53. The Morgan fingerprint density at radius 2 is 1.52 bits per heavy atom. The second kappa shape index (κ2) is 17.5. The van der Waals surface area contributed by atoms with E-state index in [2.05, 4.69) is 43.2 Å².